The van der Waals surface area contributed by atoms with Crippen LogP contribution >= 0.6 is 11.8 Å². The molecule has 0 spiro atoms. The zero-order valence-corrected chi connectivity index (χ0v) is 11.4. The minimum absolute atomic E-state index is 0.461. The van der Waals surface area contributed by atoms with E-state index in [0.29, 0.717) is 6.61 Å². The van der Waals surface area contributed by atoms with E-state index in [1.54, 1.807) is 18.0 Å². The van der Waals surface area contributed by atoms with Gasteiger partial charge in [-0.2, -0.15) is 0 Å². The van der Waals surface area contributed by atoms with E-state index in [-0.39, 0.29) is 0 Å². The molecule has 1 heterocycles. The highest BCUT2D eigenvalue weighted by Crippen LogP contribution is 2.20. The smallest absolute Gasteiger partial charge is 0.146 e. The topological polar surface area (TPSA) is 34.4 Å². The van der Waals surface area contributed by atoms with Gasteiger partial charge in [0.25, 0.3) is 0 Å². The van der Waals surface area contributed by atoms with Crippen molar-refractivity contribution < 1.29 is 9.15 Å². The van der Waals surface area contributed by atoms with Crippen LogP contribution in [-0.2, 0) is 13.2 Å². The summed E-state index contributed by atoms with van der Waals surface area (Å²) in [5.74, 6) is 1.70. The Kier molecular flexibility index (Phi) is 4.73. The molecule has 1 aromatic heterocycles. The molecule has 0 atom stereocenters. The molecule has 0 saturated heterocycles. The summed E-state index contributed by atoms with van der Waals surface area (Å²) in [4.78, 5) is 1.23. The van der Waals surface area contributed by atoms with Gasteiger partial charge in [-0.05, 0) is 43.6 Å². The van der Waals surface area contributed by atoms with E-state index < -0.39 is 0 Å². The third-order valence-electron chi connectivity index (χ3n) is 2.53. The lowest BCUT2D eigenvalue weighted by atomic mass is 10.3. The molecule has 0 bridgehead atoms. The number of hydrogen-bond donors (Lipinski definition) is 1. The van der Waals surface area contributed by atoms with Gasteiger partial charge in [-0.1, -0.05) is 0 Å². The van der Waals surface area contributed by atoms with E-state index in [1.165, 1.54) is 4.90 Å². The van der Waals surface area contributed by atoms with Crippen molar-refractivity contribution in [3.05, 3.63) is 47.9 Å². The largest absolute Gasteiger partial charge is 0.486 e. The summed E-state index contributed by atoms with van der Waals surface area (Å²) in [5, 5.41) is 3.08. The Morgan fingerprint density at radius 2 is 2.06 bits per heavy atom. The summed E-state index contributed by atoms with van der Waals surface area (Å²) in [6.45, 7) is 1.27. The number of rotatable bonds is 6. The van der Waals surface area contributed by atoms with Crippen LogP contribution in [0.1, 0.15) is 11.3 Å². The first kappa shape index (κ1) is 13.1. The average Bonchev–Trinajstić information content (AvgIpc) is 2.85. The Bertz CT molecular complexity index is 479. The number of ether oxygens (including phenoxy) is 1. The number of benzene rings is 1. The lowest BCUT2D eigenvalue weighted by Crippen LogP contribution is -2.03. The zero-order chi connectivity index (χ0) is 12.8. The molecule has 0 unspecified atom stereocenters. The van der Waals surface area contributed by atoms with Gasteiger partial charge in [-0.25, -0.2) is 0 Å². The van der Waals surface area contributed by atoms with E-state index >= 15 is 0 Å². The first-order chi connectivity index (χ1) is 8.81. The van der Waals surface area contributed by atoms with Gasteiger partial charge < -0.3 is 14.5 Å². The van der Waals surface area contributed by atoms with Crippen LogP contribution in [0.25, 0.3) is 0 Å². The number of nitrogens with one attached hydrogen (secondary N) is 1. The fourth-order valence-corrected chi connectivity index (χ4v) is 2.03. The highest BCUT2D eigenvalue weighted by Gasteiger charge is 2.02. The molecule has 0 radical (unpaired) electrons. The van der Waals surface area contributed by atoms with E-state index in [2.05, 4.69) is 23.7 Å². The SMILES string of the molecule is CNCc1coc(COc2ccc(SC)cc2)c1. The highest BCUT2D eigenvalue weighted by atomic mass is 32.2. The summed E-state index contributed by atoms with van der Waals surface area (Å²) in [6.07, 6.45) is 3.81. The summed E-state index contributed by atoms with van der Waals surface area (Å²) in [7, 11) is 1.91. The Morgan fingerprint density at radius 3 is 2.72 bits per heavy atom. The maximum atomic E-state index is 5.66. The van der Waals surface area contributed by atoms with Gasteiger partial charge in [0.1, 0.15) is 18.1 Å². The van der Waals surface area contributed by atoms with Crippen LogP contribution < -0.4 is 10.1 Å². The van der Waals surface area contributed by atoms with Crippen molar-refractivity contribution in [2.45, 2.75) is 18.0 Å². The minimum atomic E-state index is 0.461. The maximum Gasteiger partial charge on any atom is 0.146 e. The lowest BCUT2D eigenvalue weighted by Gasteiger charge is -2.04. The Morgan fingerprint density at radius 1 is 1.28 bits per heavy atom. The number of thioether (sulfide) groups is 1. The van der Waals surface area contributed by atoms with Crippen LogP contribution in [0.2, 0.25) is 0 Å². The molecule has 4 heteroatoms. The fourth-order valence-electron chi connectivity index (χ4n) is 1.63. The maximum absolute atomic E-state index is 5.66. The first-order valence-corrected chi connectivity index (χ1v) is 7.02. The van der Waals surface area contributed by atoms with Gasteiger partial charge in [0.15, 0.2) is 0 Å². The van der Waals surface area contributed by atoms with Crippen molar-refractivity contribution in [3.8, 4) is 5.75 Å². The second-order valence-corrected chi connectivity index (χ2v) is 4.80. The van der Waals surface area contributed by atoms with E-state index in [4.69, 9.17) is 9.15 Å². The standard InChI is InChI=1S/C14H17NO2S/c1-15-8-11-7-13(16-9-11)10-17-12-3-5-14(18-2)6-4-12/h3-7,9,15H,8,10H2,1-2H3. The Balaban J connectivity index is 1.89. The molecular weight excluding hydrogens is 246 g/mol. The van der Waals surface area contributed by atoms with Crippen molar-refractivity contribution in [2.75, 3.05) is 13.3 Å². The van der Waals surface area contributed by atoms with Crippen molar-refractivity contribution in [1.82, 2.24) is 5.32 Å². The average molecular weight is 263 g/mol. The van der Waals surface area contributed by atoms with Crippen molar-refractivity contribution in [2.24, 2.45) is 0 Å². The molecule has 18 heavy (non-hydrogen) atoms. The van der Waals surface area contributed by atoms with Gasteiger partial charge in [0.05, 0.1) is 6.26 Å². The highest BCUT2D eigenvalue weighted by molar-refractivity contribution is 7.98. The lowest BCUT2D eigenvalue weighted by molar-refractivity contribution is 0.270. The molecule has 0 aliphatic carbocycles. The van der Waals surface area contributed by atoms with Crippen LogP contribution in [0.5, 0.6) is 5.75 Å². The van der Waals surface area contributed by atoms with Crippen LogP contribution in [0.3, 0.4) is 0 Å². The summed E-state index contributed by atoms with van der Waals surface area (Å²) < 4.78 is 11.1. The molecule has 0 aliphatic heterocycles. The van der Waals surface area contributed by atoms with Gasteiger partial charge in [0.2, 0.25) is 0 Å². The van der Waals surface area contributed by atoms with Gasteiger partial charge in [-0.3, -0.25) is 0 Å². The molecule has 0 saturated carbocycles. The van der Waals surface area contributed by atoms with Crippen LogP contribution in [0.4, 0.5) is 0 Å². The summed E-state index contributed by atoms with van der Waals surface area (Å²) >= 11 is 1.72. The number of furan rings is 1. The van der Waals surface area contributed by atoms with Gasteiger partial charge in [0, 0.05) is 17.0 Å². The quantitative estimate of drug-likeness (QED) is 0.811. The van der Waals surface area contributed by atoms with E-state index in [1.807, 2.05) is 25.2 Å². The number of hydrogen-bond acceptors (Lipinski definition) is 4. The van der Waals surface area contributed by atoms with Gasteiger partial charge in [-0.15, -0.1) is 11.8 Å². The molecule has 0 amide bonds. The van der Waals surface area contributed by atoms with E-state index in [9.17, 15) is 0 Å². The third-order valence-corrected chi connectivity index (χ3v) is 3.27. The second-order valence-electron chi connectivity index (χ2n) is 3.92. The molecule has 0 aliphatic rings. The predicted molar refractivity (Wildman–Crippen MR) is 74.0 cm³/mol. The van der Waals surface area contributed by atoms with Crippen LogP contribution in [0.15, 0.2) is 45.9 Å². The normalized spacial score (nSPS) is 10.6. The van der Waals surface area contributed by atoms with Gasteiger partial charge >= 0.3 is 0 Å². The summed E-state index contributed by atoms with van der Waals surface area (Å²) in [5.41, 5.74) is 1.13. The molecule has 3 nitrogen and oxygen atoms in total. The molecule has 1 aromatic carbocycles. The first-order valence-electron chi connectivity index (χ1n) is 5.79. The van der Waals surface area contributed by atoms with Crippen molar-refractivity contribution in [3.63, 3.8) is 0 Å². The molecule has 2 aromatic rings. The van der Waals surface area contributed by atoms with Crippen molar-refractivity contribution in [1.29, 1.82) is 0 Å². The predicted octanol–water partition coefficient (Wildman–Crippen LogP) is 3.30. The fraction of sp³-hybridized carbons (Fsp3) is 0.286. The monoisotopic (exact) mass is 263 g/mol. The third kappa shape index (κ3) is 3.55. The molecule has 2 rings (SSSR count). The molecular formula is C14H17NO2S. The molecule has 96 valence electrons. The summed E-state index contributed by atoms with van der Waals surface area (Å²) in [6, 6.07) is 10.1. The second kappa shape index (κ2) is 6.52. The molecule has 0 fully saturated rings. The van der Waals surface area contributed by atoms with Crippen LogP contribution in [-0.4, -0.2) is 13.3 Å². The van der Waals surface area contributed by atoms with E-state index in [0.717, 1.165) is 23.6 Å². The zero-order valence-electron chi connectivity index (χ0n) is 10.6. The van der Waals surface area contributed by atoms with Crippen molar-refractivity contribution >= 4 is 11.8 Å². The Labute approximate surface area is 112 Å². The van der Waals surface area contributed by atoms with Crippen LogP contribution in [0, 0.1) is 0 Å². The Hall–Kier alpha value is -1.39. The minimum Gasteiger partial charge on any atom is -0.486 e. The molecule has 1 N–H and O–H groups in total.